The van der Waals surface area contributed by atoms with Crippen molar-refractivity contribution in [3.05, 3.63) is 40.1 Å². The zero-order valence-corrected chi connectivity index (χ0v) is 20.0. The van der Waals surface area contributed by atoms with Gasteiger partial charge in [0.1, 0.15) is 12.1 Å². The van der Waals surface area contributed by atoms with Crippen molar-refractivity contribution in [1.29, 1.82) is 0 Å². The van der Waals surface area contributed by atoms with E-state index in [2.05, 4.69) is 15.5 Å². The van der Waals surface area contributed by atoms with E-state index in [0.717, 1.165) is 56.6 Å². The Morgan fingerprint density at radius 1 is 1.24 bits per heavy atom. The van der Waals surface area contributed by atoms with E-state index in [1.54, 1.807) is 28.7 Å². The Kier molecular flexibility index (Phi) is 5.27. The first kappa shape index (κ1) is 21.5. The maximum atomic E-state index is 13.3. The number of urea groups is 1. The lowest BCUT2D eigenvalue weighted by Crippen LogP contribution is -2.46. The largest absolute Gasteiger partial charge is 0.378 e. The van der Waals surface area contributed by atoms with Crippen molar-refractivity contribution in [2.75, 3.05) is 43.1 Å². The van der Waals surface area contributed by atoms with E-state index in [9.17, 15) is 14.4 Å². The third-order valence-electron chi connectivity index (χ3n) is 6.58. The molecule has 1 spiro atoms. The Morgan fingerprint density at radius 2 is 2.09 bits per heavy atom. The van der Waals surface area contributed by atoms with Crippen LogP contribution in [0.3, 0.4) is 0 Å². The summed E-state index contributed by atoms with van der Waals surface area (Å²) in [7, 11) is 0. The second-order valence-corrected chi connectivity index (χ2v) is 10.7. The number of hydrogen-bond donors (Lipinski definition) is 2. The number of rotatable bonds is 4. The van der Waals surface area contributed by atoms with Gasteiger partial charge in [-0.05, 0) is 48.9 Å². The van der Waals surface area contributed by atoms with Crippen LogP contribution in [0.25, 0.3) is 10.2 Å². The molecule has 4 amide bonds. The Morgan fingerprint density at radius 3 is 2.94 bits per heavy atom. The van der Waals surface area contributed by atoms with Crippen LogP contribution in [0.5, 0.6) is 0 Å². The van der Waals surface area contributed by atoms with E-state index < -0.39 is 17.5 Å². The average Bonchev–Trinajstić information content (AvgIpc) is 3.54. The van der Waals surface area contributed by atoms with E-state index >= 15 is 0 Å². The summed E-state index contributed by atoms with van der Waals surface area (Å²) >= 11 is 3.17. The molecule has 1 atom stereocenters. The lowest BCUT2D eigenvalue weighted by atomic mass is 9.80. The van der Waals surface area contributed by atoms with Crippen molar-refractivity contribution in [3.63, 3.8) is 0 Å². The van der Waals surface area contributed by atoms with Crippen molar-refractivity contribution >= 4 is 61.6 Å². The quantitative estimate of drug-likeness (QED) is 0.537. The summed E-state index contributed by atoms with van der Waals surface area (Å²) in [5, 5.41) is 8.60. The third-order valence-corrected chi connectivity index (χ3v) is 8.64. The first-order valence-corrected chi connectivity index (χ1v) is 13.0. The van der Waals surface area contributed by atoms with Crippen LogP contribution in [-0.2, 0) is 26.3 Å². The number of fused-ring (bicyclic) bond motifs is 3. The molecule has 0 radical (unpaired) electrons. The Labute approximate surface area is 203 Å². The number of carbonyl (C=O) groups excluding carboxylic acids is 3. The van der Waals surface area contributed by atoms with Crippen LogP contribution >= 0.6 is 22.7 Å². The van der Waals surface area contributed by atoms with Crippen LogP contribution in [0.2, 0.25) is 0 Å². The molecule has 2 N–H and O–H groups in total. The number of benzene rings is 1. The van der Waals surface area contributed by atoms with Gasteiger partial charge in [-0.1, -0.05) is 11.3 Å². The van der Waals surface area contributed by atoms with E-state index in [1.807, 2.05) is 23.6 Å². The standard InChI is InChI=1S/C23H23N5O4S2/c29-19(13-28-20(30)23(26-21(28)31)6-1-2-17-15(23)5-11-33-17)24-14-3-4-16-18(12-14)34-22(25-16)27-7-9-32-10-8-27/h3-5,11-12H,1-2,6-10,13H2,(H,24,29)(H,26,31)/t23-/m1/s1. The summed E-state index contributed by atoms with van der Waals surface area (Å²) in [4.78, 5) is 47.9. The maximum Gasteiger partial charge on any atom is 0.325 e. The monoisotopic (exact) mass is 497 g/mol. The molecule has 3 aromatic rings. The summed E-state index contributed by atoms with van der Waals surface area (Å²) in [6, 6.07) is 6.92. The van der Waals surface area contributed by atoms with E-state index in [0.29, 0.717) is 25.3 Å². The van der Waals surface area contributed by atoms with Gasteiger partial charge in [-0.3, -0.25) is 14.5 Å². The van der Waals surface area contributed by atoms with Crippen LogP contribution in [0.15, 0.2) is 29.6 Å². The number of morpholine rings is 1. The highest BCUT2D eigenvalue weighted by molar-refractivity contribution is 7.22. The van der Waals surface area contributed by atoms with Crippen molar-refractivity contribution in [2.24, 2.45) is 0 Å². The van der Waals surface area contributed by atoms with Gasteiger partial charge in [0.2, 0.25) is 5.91 Å². The van der Waals surface area contributed by atoms with Gasteiger partial charge in [0.15, 0.2) is 5.13 Å². The number of hydrogen-bond acceptors (Lipinski definition) is 8. The fourth-order valence-corrected chi connectivity index (χ4v) is 6.97. The van der Waals surface area contributed by atoms with Crippen LogP contribution in [-0.4, -0.2) is 60.6 Å². The molecule has 0 bridgehead atoms. The van der Waals surface area contributed by atoms with Gasteiger partial charge < -0.3 is 20.3 Å². The number of anilines is 2. The molecule has 1 aromatic carbocycles. The van der Waals surface area contributed by atoms with E-state index in [4.69, 9.17) is 9.72 Å². The number of nitrogens with zero attached hydrogens (tertiary/aromatic N) is 3. The van der Waals surface area contributed by atoms with Gasteiger partial charge in [-0.15, -0.1) is 11.3 Å². The van der Waals surface area contributed by atoms with Gasteiger partial charge in [-0.25, -0.2) is 9.78 Å². The Hall–Kier alpha value is -3.02. The van der Waals surface area contributed by atoms with Gasteiger partial charge in [-0.2, -0.15) is 0 Å². The minimum absolute atomic E-state index is 0.328. The summed E-state index contributed by atoms with van der Waals surface area (Å²) in [5.74, 6) is -0.765. The molecular formula is C23H23N5O4S2. The first-order valence-electron chi connectivity index (χ1n) is 11.3. The molecule has 1 aliphatic carbocycles. The highest BCUT2D eigenvalue weighted by atomic mass is 32.1. The maximum absolute atomic E-state index is 13.3. The van der Waals surface area contributed by atoms with Crippen molar-refractivity contribution < 1.29 is 19.1 Å². The minimum Gasteiger partial charge on any atom is -0.378 e. The number of aromatic nitrogens is 1. The number of carbonyl (C=O) groups is 3. The molecule has 176 valence electrons. The van der Waals surface area contributed by atoms with Crippen molar-refractivity contribution in [1.82, 2.24) is 15.2 Å². The van der Waals surface area contributed by atoms with Crippen molar-refractivity contribution in [2.45, 2.75) is 24.8 Å². The molecule has 34 heavy (non-hydrogen) atoms. The Balaban J connectivity index is 1.16. The number of nitrogens with one attached hydrogen (secondary N) is 2. The van der Waals surface area contributed by atoms with E-state index in [1.165, 1.54) is 0 Å². The van der Waals surface area contributed by atoms with Gasteiger partial charge >= 0.3 is 6.03 Å². The van der Waals surface area contributed by atoms with Crippen LogP contribution < -0.4 is 15.5 Å². The number of amides is 4. The lowest BCUT2D eigenvalue weighted by molar-refractivity contribution is -0.134. The van der Waals surface area contributed by atoms with Crippen LogP contribution in [0.4, 0.5) is 15.6 Å². The molecule has 9 nitrogen and oxygen atoms in total. The smallest absolute Gasteiger partial charge is 0.325 e. The number of aryl methyl sites for hydroxylation is 1. The lowest BCUT2D eigenvalue weighted by Gasteiger charge is -2.31. The van der Waals surface area contributed by atoms with Gasteiger partial charge in [0.25, 0.3) is 5.91 Å². The minimum atomic E-state index is -1.04. The third kappa shape index (κ3) is 3.55. The second kappa shape index (κ2) is 8.33. The van der Waals surface area contributed by atoms with Gasteiger partial charge in [0, 0.05) is 29.2 Å². The molecular weight excluding hydrogens is 474 g/mol. The molecule has 2 saturated heterocycles. The zero-order chi connectivity index (χ0) is 23.3. The average molecular weight is 498 g/mol. The number of thiophene rings is 1. The molecule has 2 fully saturated rings. The summed E-state index contributed by atoms with van der Waals surface area (Å²) < 4.78 is 6.37. The molecule has 11 heteroatoms. The normalized spacial score (nSPS) is 22.4. The summed E-state index contributed by atoms with van der Waals surface area (Å²) in [6.45, 7) is 2.67. The molecule has 2 aromatic heterocycles. The van der Waals surface area contributed by atoms with Crippen LogP contribution in [0, 0.1) is 0 Å². The number of imide groups is 1. The molecule has 0 unspecified atom stereocenters. The van der Waals surface area contributed by atoms with Crippen LogP contribution in [0.1, 0.15) is 23.3 Å². The summed E-state index contributed by atoms with van der Waals surface area (Å²) in [5.41, 5.74) is 1.30. The highest BCUT2D eigenvalue weighted by Gasteiger charge is 2.54. The highest BCUT2D eigenvalue weighted by Crippen LogP contribution is 2.42. The fourth-order valence-electron chi connectivity index (χ4n) is 4.91. The molecule has 6 rings (SSSR count). The molecule has 2 aliphatic heterocycles. The van der Waals surface area contributed by atoms with E-state index in [-0.39, 0.29) is 12.5 Å². The fraction of sp³-hybridized carbons (Fsp3) is 0.391. The SMILES string of the molecule is O=C(CN1C(=O)N[C@@]2(CCCc3sccc32)C1=O)Nc1ccc2nc(N3CCOCC3)sc2c1. The number of ether oxygens (including phenoxy) is 1. The molecule has 0 saturated carbocycles. The molecule has 4 heterocycles. The van der Waals surface area contributed by atoms with Gasteiger partial charge in [0.05, 0.1) is 23.4 Å². The zero-order valence-electron chi connectivity index (χ0n) is 18.3. The topological polar surface area (TPSA) is 104 Å². The first-order chi connectivity index (χ1) is 16.5. The summed E-state index contributed by atoms with van der Waals surface area (Å²) in [6.07, 6.45) is 2.28. The Bertz CT molecular complexity index is 1300. The second-order valence-electron chi connectivity index (χ2n) is 8.66. The number of thiazole rings is 1. The van der Waals surface area contributed by atoms with Crippen molar-refractivity contribution in [3.8, 4) is 0 Å². The predicted octanol–water partition coefficient (Wildman–Crippen LogP) is 2.92. The predicted molar refractivity (Wildman–Crippen MR) is 130 cm³/mol. The molecule has 3 aliphatic rings.